The minimum absolute atomic E-state index is 0.464. The number of ether oxygens (including phenoxy) is 1. The lowest BCUT2D eigenvalue weighted by atomic mass is 9.99. The summed E-state index contributed by atoms with van der Waals surface area (Å²) >= 11 is 0. The highest BCUT2D eigenvalue weighted by molar-refractivity contribution is 5.84. The van der Waals surface area contributed by atoms with E-state index in [0.29, 0.717) is 12.0 Å². The predicted octanol–water partition coefficient (Wildman–Crippen LogP) is 3.82. The van der Waals surface area contributed by atoms with Crippen LogP contribution < -0.4 is 10.1 Å². The van der Waals surface area contributed by atoms with Crippen LogP contribution in [0.4, 0.5) is 0 Å². The van der Waals surface area contributed by atoms with Crippen molar-refractivity contribution in [3.8, 4) is 5.75 Å². The SMILES string of the molecule is COc1ccc2c(C(C)C)c(CNC3CC3)oc2c1. The normalized spacial score (nSPS) is 15.4. The standard InChI is InChI=1S/C16H21NO2/c1-10(2)16-13-7-6-12(18-3)8-14(13)19-15(16)9-17-11-4-5-11/h6-8,10-11,17H,4-5,9H2,1-3H3. The maximum absolute atomic E-state index is 6.04. The third-order valence-corrected chi connectivity index (χ3v) is 3.72. The van der Waals surface area contributed by atoms with Crippen LogP contribution in [0.5, 0.6) is 5.75 Å². The van der Waals surface area contributed by atoms with Crippen molar-refractivity contribution in [2.45, 2.75) is 45.2 Å². The number of fused-ring (bicyclic) bond motifs is 1. The molecule has 3 heteroatoms. The Morgan fingerprint density at radius 3 is 2.79 bits per heavy atom. The fourth-order valence-electron chi connectivity index (χ4n) is 2.56. The molecule has 2 aromatic rings. The molecule has 1 heterocycles. The topological polar surface area (TPSA) is 34.4 Å². The molecule has 1 aliphatic carbocycles. The summed E-state index contributed by atoms with van der Waals surface area (Å²) in [6.45, 7) is 5.26. The fraction of sp³-hybridized carbons (Fsp3) is 0.500. The number of nitrogens with one attached hydrogen (secondary N) is 1. The van der Waals surface area contributed by atoms with Gasteiger partial charge < -0.3 is 14.5 Å². The van der Waals surface area contributed by atoms with Crippen LogP contribution in [-0.2, 0) is 6.54 Å². The van der Waals surface area contributed by atoms with Gasteiger partial charge in [0.1, 0.15) is 17.1 Å². The summed E-state index contributed by atoms with van der Waals surface area (Å²) in [5.41, 5.74) is 2.25. The average molecular weight is 259 g/mol. The summed E-state index contributed by atoms with van der Waals surface area (Å²) in [4.78, 5) is 0. The molecule has 1 fully saturated rings. The van der Waals surface area contributed by atoms with Crippen LogP contribution in [0.2, 0.25) is 0 Å². The van der Waals surface area contributed by atoms with Crippen LogP contribution in [0.1, 0.15) is 43.9 Å². The van der Waals surface area contributed by atoms with Crippen LogP contribution in [0, 0.1) is 0 Å². The Bertz CT molecular complexity index is 582. The van der Waals surface area contributed by atoms with E-state index in [0.717, 1.165) is 23.6 Å². The first-order chi connectivity index (χ1) is 9.19. The fourth-order valence-corrected chi connectivity index (χ4v) is 2.56. The second-order valence-electron chi connectivity index (χ2n) is 5.61. The zero-order valence-electron chi connectivity index (χ0n) is 11.8. The first kappa shape index (κ1) is 12.5. The molecule has 19 heavy (non-hydrogen) atoms. The van der Waals surface area contributed by atoms with Gasteiger partial charge >= 0.3 is 0 Å². The molecule has 1 N–H and O–H groups in total. The van der Waals surface area contributed by atoms with Crippen molar-refractivity contribution in [3.05, 3.63) is 29.5 Å². The highest BCUT2D eigenvalue weighted by Crippen LogP contribution is 2.34. The van der Waals surface area contributed by atoms with Crippen molar-refractivity contribution in [1.29, 1.82) is 0 Å². The van der Waals surface area contributed by atoms with Crippen molar-refractivity contribution in [3.63, 3.8) is 0 Å². The number of methoxy groups -OCH3 is 1. The molecule has 0 amide bonds. The van der Waals surface area contributed by atoms with E-state index in [2.05, 4.69) is 25.2 Å². The molecular formula is C16H21NO2. The van der Waals surface area contributed by atoms with Gasteiger partial charge in [0.2, 0.25) is 0 Å². The Labute approximate surface area is 113 Å². The number of hydrogen-bond acceptors (Lipinski definition) is 3. The lowest BCUT2D eigenvalue weighted by Gasteiger charge is -2.07. The molecule has 0 unspecified atom stereocenters. The van der Waals surface area contributed by atoms with Gasteiger partial charge in [-0.15, -0.1) is 0 Å². The molecule has 102 valence electrons. The van der Waals surface area contributed by atoms with Gasteiger partial charge in [0.25, 0.3) is 0 Å². The third kappa shape index (κ3) is 2.47. The molecule has 0 spiro atoms. The summed E-state index contributed by atoms with van der Waals surface area (Å²) in [5, 5.41) is 4.74. The summed E-state index contributed by atoms with van der Waals surface area (Å²) in [6, 6.07) is 6.78. The van der Waals surface area contributed by atoms with E-state index in [1.165, 1.54) is 23.8 Å². The molecule has 0 bridgehead atoms. The molecule has 0 aliphatic heterocycles. The number of benzene rings is 1. The maximum Gasteiger partial charge on any atom is 0.138 e. The Morgan fingerprint density at radius 2 is 2.16 bits per heavy atom. The maximum atomic E-state index is 6.04. The zero-order chi connectivity index (χ0) is 13.4. The van der Waals surface area contributed by atoms with E-state index in [4.69, 9.17) is 9.15 Å². The molecular weight excluding hydrogens is 238 g/mol. The van der Waals surface area contributed by atoms with Crippen LogP contribution >= 0.6 is 0 Å². The van der Waals surface area contributed by atoms with E-state index >= 15 is 0 Å². The number of rotatable bonds is 5. The monoisotopic (exact) mass is 259 g/mol. The zero-order valence-corrected chi connectivity index (χ0v) is 11.8. The van der Waals surface area contributed by atoms with Crippen molar-refractivity contribution < 1.29 is 9.15 Å². The predicted molar refractivity (Wildman–Crippen MR) is 76.7 cm³/mol. The van der Waals surface area contributed by atoms with Gasteiger partial charge in [-0.2, -0.15) is 0 Å². The highest BCUT2D eigenvalue weighted by Gasteiger charge is 2.23. The van der Waals surface area contributed by atoms with Crippen LogP contribution in [0.15, 0.2) is 22.6 Å². The molecule has 3 nitrogen and oxygen atoms in total. The largest absolute Gasteiger partial charge is 0.497 e. The number of furan rings is 1. The van der Waals surface area contributed by atoms with Gasteiger partial charge in [0.15, 0.2) is 0 Å². The molecule has 0 atom stereocenters. The van der Waals surface area contributed by atoms with E-state index < -0.39 is 0 Å². The van der Waals surface area contributed by atoms with Gasteiger partial charge in [0.05, 0.1) is 13.7 Å². The van der Waals surface area contributed by atoms with E-state index in [1.807, 2.05) is 12.1 Å². The highest BCUT2D eigenvalue weighted by atomic mass is 16.5. The second kappa shape index (κ2) is 4.89. The average Bonchev–Trinajstić information content (AvgIpc) is 3.15. The van der Waals surface area contributed by atoms with E-state index in [1.54, 1.807) is 7.11 Å². The van der Waals surface area contributed by atoms with Crippen molar-refractivity contribution in [2.24, 2.45) is 0 Å². The van der Waals surface area contributed by atoms with Gasteiger partial charge in [-0.05, 0) is 30.9 Å². The molecule has 0 saturated heterocycles. The van der Waals surface area contributed by atoms with Crippen LogP contribution in [0.25, 0.3) is 11.0 Å². The molecule has 1 saturated carbocycles. The van der Waals surface area contributed by atoms with Gasteiger partial charge in [-0.1, -0.05) is 13.8 Å². The second-order valence-corrected chi connectivity index (χ2v) is 5.61. The third-order valence-electron chi connectivity index (χ3n) is 3.72. The quantitative estimate of drug-likeness (QED) is 0.886. The Kier molecular flexibility index (Phi) is 3.23. The Hall–Kier alpha value is -1.48. The summed E-state index contributed by atoms with van der Waals surface area (Å²) in [6.07, 6.45) is 2.59. The van der Waals surface area contributed by atoms with E-state index in [-0.39, 0.29) is 0 Å². The molecule has 3 rings (SSSR count). The molecule has 1 aromatic carbocycles. The number of hydrogen-bond donors (Lipinski definition) is 1. The van der Waals surface area contributed by atoms with Gasteiger partial charge in [0, 0.05) is 23.1 Å². The smallest absolute Gasteiger partial charge is 0.138 e. The first-order valence-corrected chi connectivity index (χ1v) is 7.01. The first-order valence-electron chi connectivity index (χ1n) is 7.01. The van der Waals surface area contributed by atoms with Crippen LogP contribution in [-0.4, -0.2) is 13.2 Å². The Morgan fingerprint density at radius 1 is 1.37 bits per heavy atom. The minimum Gasteiger partial charge on any atom is -0.497 e. The van der Waals surface area contributed by atoms with Gasteiger partial charge in [-0.25, -0.2) is 0 Å². The molecule has 1 aliphatic rings. The summed E-state index contributed by atoms with van der Waals surface area (Å²) in [7, 11) is 1.68. The molecule has 1 aromatic heterocycles. The minimum atomic E-state index is 0.464. The lowest BCUT2D eigenvalue weighted by molar-refractivity contribution is 0.414. The van der Waals surface area contributed by atoms with Crippen molar-refractivity contribution in [2.75, 3.05) is 7.11 Å². The molecule has 0 radical (unpaired) electrons. The van der Waals surface area contributed by atoms with Crippen LogP contribution in [0.3, 0.4) is 0 Å². The summed E-state index contributed by atoms with van der Waals surface area (Å²) < 4.78 is 11.3. The van der Waals surface area contributed by atoms with Crippen molar-refractivity contribution in [1.82, 2.24) is 5.32 Å². The van der Waals surface area contributed by atoms with Crippen molar-refractivity contribution >= 4 is 11.0 Å². The van der Waals surface area contributed by atoms with Gasteiger partial charge in [-0.3, -0.25) is 0 Å². The Balaban J connectivity index is 2.00. The lowest BCUT2D eigenvalue weighted by Crippen LogP contribution is -2.15. The summed E-state index contributed by atoms with van der Waals surface area (Å²) in [5.74, 6) is 2.38. The van der Waals surface area contributed by atoms with E-state index in [9.17, 15) is 0 Å².